The van der Waals surface area contributed by atoms with Gasteiger partial charge in [0.1, 0.15) is 5.76 Å². The fourth-order valence-corrected chi connectivity index (χ4v) is 4.82. The highest BCUT2D eigenvalue weighted by Crippen LogP contribution is 2.30. The van der Waals surface area contributed by atoms with Crippen LogP contribution in [0.4, 0.5) is 23.7 Å². The fraction of sp³-hybridized carbons (Fsp3) is 0.185. The number of anilines is 1. The molecule has 0 aliphatic heterocycles. The van der Waals surface area contributed by atoms with E-state index in [1.54, 1.807) is 17.0 Å². The summed E-state index contributed by atoms with van der Waals surface area (Å²) >= 11 is 1.53. The minimum atomic E-state index is -4.44. The van der Waals surface area contributed by atoms with Gasteiger partial charge in [-0.3, -0.25) is 4.40 Å². The molecule has 0 saturated heterocycles. The molecule has 1 N–H and O–H groups in total. The van der Waals surface area contributed by atoms with Gasteiger partial charge in [-0.05, 0) is 43.3 Å². The molecule has 10 heteroatoms. The zero-order valence-corrected chi connectivity index (χ0v) is 20.6. The van der Waals surface area contributed by atoms with E-state index in [9.17, 15) is 18.0 Å². The molecular weight excluding hydrogens is 501 g/mol. The lowest BCUT2D eigenvalue weighted by atomic mass is 10.1. The summed E-state index contributed by atoms with van der Waals surface area (Å²) in [7, 11) is 0. The van der Waals surface area contributed by atoms with Gasteiger partial charge in [0.05, 0.1) is 24.1 Å². The van der Waals surface area contributed by atoms with Crippen molar-refractivity contribution >= 4 is 28.0 Å². The molecular formula is C27H23F3N4O2S. The second kappa shape index (κ2) is 10.1. The second-order valence-corrected chi connectivity index (χ2v) is 9.46. The first-order valence-electron chi connectivity index (χ1n) is 11.5. The number of carbonyl (C=O) groups excluding carboxylic acids is 1. The number of thiazole rings is 1. The number of imidazole rings is 1. The highest BCUT2D eigenvalue weighted by Gasteiger charge is 2.30. The zero-order chi connectivity index (χ0) is 26.0. The fourth-order valence-electron chi connectivity index (χ4n) is 3.91. The Hall–Kier alpha value is -4.05. The van der Waals surface area contributed by atoms with E-state index in [4.69, 9.17) is 9.40 Å². The predicted molar refractivity (Wildman–Crippen MR) is 137 cm³/mol. The molecule has 0 unspecified atom stereocenters. The number of nitrogens with zero attached hydrogens (tertiary/aromatic N) is 3. The molecule has 190 valence electrons. The Bertz CT molecular complexity index is 1490. The van der Waals surface area contributed by atoms with E-state index >= 15 is 0 Å². The van der Waals surface area contributed by atoms with Crippen LogP contribution in [0.25, 0.3) is 16.2 Å². The number of carbonyl (C=O) groups is 1. The van der Waals surface area contributed by atoms with Gasteiger partial charge >= 0.3 is 12.2 Å². The standard InChI is InChI=1S/C27H23F3N4O2S/c1-18-4-6-19(7-5-18)24-16-34-22(17-37-26(34)32-24)12-13-33(15-23-3-2-14-36-23)25(35)31-21-10-8-20(9-11-21)27(28,29)30/h2-11,14,16-17H,12-13,15H2,1H3,(H,31,35). The number of hydrogen-bond acceptors (Lipinski definition) is 4. The van der Waals surface area contributed by atoms with E-state index in [-0.39, 0.29) is 12.2 Å². The molecule has 0 aliphatic rings. The van der Waals surface area contributed by atoms with Crippen LogP contribution in [0.15, 0.2) is 82.9 Å². The third-order valence-corrected chi connectivity index (χ3v) is 6.83. The van der Waals surface area contributed by atoms with Gasteiger partial charge in [0.25, 0.3) is 0 Å². The van der Waals surface area contributed by atoms with E-state index < -0.39 is 17.8 Å². The summed E-state index contributed by atoms with van der Waals surface area (Å²) in [6, 6.07) is 15.6. The van der Waals surface area contributed by atoms with Crippen LogP contribution < -0.4 is 5.32 Å². The quantitative estimate of drug-likeness (QED) is 0.244. The molecule has 3 aromatic heterocycles. The summed E-state index contributed by atoms with van der Waals surface area (Å²) < 4.78 is 46.1. The summed E-state index contributed by atoms with van der Waals surface area (Å²) in [6.45, 7) is 2.61. The number of urea groups is 1. The second-order valence-electron chi connectivity index (χ2n) is 8.63. The Morgan fingerprint density at radius 2 is 1.86 bits per heavy atom. The highest BCUT2D eigenvalue weighted by atomic mass is 32.1. The molecule has 0 radical (unpaired) electrons. The third-order valence-electron chi connectivity index (χ3n) is 5.95. The van der Waals surface area contributed by atoms with E-state index in [0.717, 1.165) is 34.0 Å². The number of benzene rings is 2. The van der Waals surface area contributed by atoms with Crippen LogP contribution in [0.1, 0.15) is 22.6 Å². The van der Waals surface area contributed by atoms with Crippen LogP contribution in [-0.2, 0) is 19.1 Å². The predicted octanol–water partition coefficient (Wildman–Crippen LogP) is 7.26. The molecule has 3 heterocycles. The molecule has 0 atom stereocenters. The lowest BCUT2D eigenvalue weighted by Crippen LogP contribution is -2.36. The van der Waals surface area contributed by atoms with E-state index in [1.807, 2.05) is 47.2 Å². The molecule has 37 heavy (non-hydrogen) atoms. The summed E-state index contributed by atoms with van der Waals surface area (Å²) in [5.74, 6) is 0.599. The monoisotopic (exact) mass is 524 g/mol. The Labute approximate surface area is 215 Å². The van der Waals surface area contributed by atoms with Gasteiger partial charge in [0.15, 0.2) is 4.96 Å². The first-order valence-corrected chi connectivity index (χ1v) is 12.4. The van der Waals surface area contributed by atoms with Crippen molar-refractivity contribution in [2.24, 2.45) is 0 Å². The van der Waals surface area contributed by atoms with Gasteiger partial charge in [-0.25, -0.2) is 9.78 Å². The van der Waals surface area contributed by atoms with Crippen LogP contribution in [-0.4, -0.2) is 26.9 Å². The SMILES string of the molecule is Cc1ccc(-c2cn3c(CCN(Cc4ccco4)C(=O)Nc4ccc(C(F)(F)F)cc4)csc3n2)cc1. The van der Waals surface area contributed by atoms with Crippen LogP contribution in [0, 0.1) is 6.92 Å². The number of nitrogens with one attached hydrogen (secondary N) is 1. The van der Waals surface area contributed by atoms with Gasteiger partial charge in [-0.1, -0.05) is 29.8 Å². The number of alkyl halides is 3. The number of aryl methyl sites for hydroxylation is 1. The van der Waals surface area contributed by atoms with Crippen molar-refractivity contribution in [1.82, 2.24) is 14.3 Å². The summed E-state index contributed by atoms with van der Waals surface area (Å²) in [5, 5.41) is 4.71. The van der Waals surface area contributed by atoms with Gasteiger partial charge in [0.2, 0.25) is 0 Å². The Balaban J connectivity index is 1.32. The smallest absolute Gasteiger partial charge is 0.416 e. The summed E-state index contributed by atoms with van der Waals surface area (Å²) in [4.78, 5) is 20.3. The van der Waals surface area contributed by atoms with E-state index in [1.165, 1.54) is 35.3 Å². The molecule has 0 spiro atoms. The first kappa shape index (κ1) is 24.6. The minimum absolute atomic E-state index is 0.214. The number of amides is 2. The third kappa shape index (κ3) is 5.69. The Morgan fingerprint density at radius 3 is 2.54 bits per heavy atom. The molecule has 0 aliphatic carbocycles. The lowest BCUT2D eigenvalue weighted by Gasteiger charge is -2.22. The number of furan rings is 1. The average Bonchev–Trinajstić information content (AvgIpc) is 3.60. The van der Waals surface area contributed by atoms with Crippen molar-refractivity contribution in [2.45, 2.75) is 26.1 Å². The van der Waals surface area contributed by atoms with Gasteiger partial charge in [0, 0.05) is 41.5 Å². The number of halogens is 3. The van der Waals surface area contributed by atoms with Crippen LogP contribution in [0.3, 0.4) is 0 Å². The molecule has 5 aromatic rings. The zero-order valence-electron chi connectivity index (χ0n) is 19.8. The molecule has 2 aromatic carbocycles. The van der Waals surface area contributed by atoms with Crippen LogP contribution in [0.2, 0.25) is 0 Å². The van der Waals surface area contributed by atoms with E-state index in [0.29, 0.717) is 18.7 Å². The number of rotatable bonds is 7. The topological polar surface area (TPSA) is 62.8 Å². The van der Waals surface area contributed by atoms with Gasteiger partial charge in [-0.2, -0.15) is 13.2 Å². The van der Waals surface area contributed by atoms with Crippen LogP contribution in [0.5, 0.6) is 0 Å². The van der Waals surface area contributed by atoms with Gasteiger partial charge in [-0.15, -0.1) is 11.3 Å². The molecule has 0 fully saturated rings. The molecule has 2 amide bonds. The normalized spacial score (nSPS) is 11.7. The molecule has 6 nitrogen and oxygen atoms in total. The number of aromatic nitrogens is 2. The number of fused-ring (bicyclic) bond motifs is 1. The average molecular weight is 525 g/mol. The van der Waals surface area contributed by atoms with Crippen molar-refractivity contribution in [3.05, 3.63) is 101 Å². The molecule has 5 rings (SSSR count). The van der Waals surface area contributed by atoms with Crippen molar-refractivity contribution in [2.75, 3.05) is 11.9 Å². The summed E-state index contributed by atoms with van der Waals surface area (Å²) in [5.41, 5.74) is 3.58. The first-order chi connectivity index (χ1) is 17.8. The highest BCUT2D eigenvalue weighted by molar-refractivity contribution is 7.15. The summed E-state index contributed by atoms with van der Waals surface area (Å²) in [6.07, 6.45) is -0.371. The van der Waals surface area contributed by atoms with E-state index in [2.05, 4.69) is 5.32 Å². The van der Waals surface area contributed by atoms with Crippen molar-refractivity contribution in [3.63, 3.8) is 0 Å². The lowest BCUT2D eigenvalue weighted by molar-refractivity contribution is -0.137. The number of hydrogen-bond donors (Lipinski definition) is 1. The van der Waals surface area contributed by atoms with Crippen molar-refractivity contribution in [1.29, 1.82) is 0 Å². The van der Waals surface area contributed by atoms with Crippen molar-refractivity contribution in [3.8, 4) is 11.3 Å². The minimum Gasteiger partial charge on any atom is -0.467 e. The molecule has 0 saturated carbocycles. The van der Waals surface area contributed by atoms with Gasteiger partial charge < -0.3 is 14.6 Å². The van der Waals surface area contributed by atoms with Crippen LogP contribution >= 0.6 is 11.3 Å². The maximum atomic E-state index is 13.1. The van der Waals surface area contributed by atoms with Crippen molar-refractivity contribution < 1.29 is 22.4 Å². The largest absolute Gasteiger partial charge is 0.467 e. The Kier molecular flexibility index (Phi) is 6.75. The Morgan fingerprint density at radius 1 is 1.11 bits per heavy atom. The molecule has 0 bridgehead atoms. The maximum absolute atomic E-state index is 13.1. The maximum Gasteiger partial charge on any atom is 0.416 e.